The molecule has 3 rings (SSSR count). The van der Waals surface area contributed by atoms with Crippen LogP contribution in [0.25, 0.3) is 11.1 Å². The molecule has 1 atom stereocenters. The highest BCUT2D eigenvalue weighted by molar-refractivity contribution is 6.36. The lowest BCUT2D eigenvalue weighted by molar-refractivity contribution is -0.117. The molecule has 1 heterocycles. The molecule has 0 spiro atoms. The van der Waals surface area contributed by atoms with Gasteiger partial charge in [-0.05, 0) is 66.9 Å². The molecule has 0 fully saturated rings. The number of anilines is 1. The van der Waals surface area contributed by atoms with E-state index in [9.17, 15) is 4.79 Å². The Hall–Kier alpha value is -2.59. The fraction of sp³-hybridized carbons (Fsp3) is 0.143. The van der Waals surface area contributed by atoms with Crippen molar-refractivity contribution in [2.75, 3.05) is 5.32 Å². The summed E-state index contributed by atoms with van der Waals surface area (Å²) in [5.74, 6) is -0.339. The Morgan fingerprint density at radius 3 is 2.46 bits per heavy atom. The molecule has 0 aliphatic heterocycles. The standard InChI is InChI=1S/C21H20BClN2O/c1-13-9-16(7-8-24-13)15-3-5-20(6-4-15)25-21(26)14(2)17-10-18(22)12-19(23)11-17/h3-12,14H,22H2,1-2H3,(H,25,26). The van der Waals surface area contributed by atoms with Gasteiger partial charge in [0.15, 0.2) is 0 Å². The number of aromatic nitrogens is 1. The zero-order chi connectivity index (χ0) is 18.7. The first-order valence-electron chi connectivity index (χ1n) is 8.53. The maximum atomic E-state index is 12.6. The summed E-state index contributed by atoms with van der Waals surface area (Å²) in [6, 6.07) is 17.6. The number of nitrogens with zero attached hydrogens (tertiary/aromatic N) is 1. The molecule has 3 aromatic rings. The third-order valence-electron chi connectivity index (χ3n) is 4.34. The van der Waals surface area contributed by atoms with Gasteiger partial charge in [-0.3, -0.25) is 9.78 Å². The summed E-state index contributed by atoms with van der Waals surface area (Å²) in [6.45, 7) is 3.85. The van der Waals surface area contributed by atoms with Crippen LogP contribution >= 0.6 is 11.6 Å². The predicted octanol–water partition coefficient (Wildman–Crippen LogP) is 3.71. The zero-order valence-corrected chi connectivity index (χ0v) is 15.8. The van der Waals surface area contributed by atoms with Crippen molar-refractivity contribution in [3.8, 4) is 11.1 Å². The Labute approximate surface area is 159 Å². The van der Waals surface area contributed by atoms with Crippen molar-refractivity contribution in [2.45, 2.75) is 19.8 Å². The van der Waals surface area contributed by atoms with E-state index < -0.39 is 0 Å². The molecule has 5 heteroatoms. The fourth-order valence-corrected chi connectivity index (χ4v) is 3.19. The number of nitrogens with one attached hydrogen (secondary N) is 1. The van der Waals surface area contributed by atoms with Crippen molar-refractivity contribution < 1.29 is 4.79 Å². The number of pyridine rings is 1. The van der Waals surface area contributed by atoms with Crippen LogP contribution in [0.2, 0.25) is 5.02 Å². The summed E-state index contributed by atoms with van der Waals surface area (Å²) >= 11 is 6.11. The minimum atomic E-state index is -0.282. The monoisotopic (exact) mass is 362 g/mol. The molecule has 130 valence electrons. The molecular formula is C21H20BClN2O. The summed E-state index contributed by atoms with van der Waals surface area (Å²) < 4.78 is 0. The van der Waals surface area contributed by atoms with Crippen LogP contribution in [-0.2, 0) is 4.79 Å². The molecule has 0 saturated carbocycles. The number of amides is 1. The summed E-state index contributed by atoms with van der Waals surface area (Å²) in [4.78, 5) is 16.8. The number of benzene rings is 2. The number of hydrogen-bond donors (Lipinski definition) is 1. The average Bonchev–Trinajstić information content (AvgIpc) is 2.61. The molecule has 0 radical (unpaired) electrons. The van der Waals surface area contributed by atoms with Gasteiger partial charge in [-0.2, -0.15) is 0 Å². The Kier molecular flexibility index (Phi) is 5.43. The van der Waals surface area contributed by atoms with Gasteiger partial charge in [0.1, 0.15) is 7.85 Å². The van der Waals surface area contributed by atoms with Crippen molar-refractivity contribution >= 4 is 36.5 Å². The van der Waals surface area contributed by atoms with E-state index in [4.69, 9.17) is 11.6 Å². The normalized spacial score (nSPS) is 11.8. The Morgan fingerprint density at radius 2 is 1.81 bits per heavy atom. The lowest BCUT2D eigenvalue weighted by atomic mass is 9.90. The van der Waals surface area contributed by atoms with Crippen LogP contribution in [0.5, 0.6) is 0 Å². The molecule has 0 aliphatic carbocycles. The molecule has 1 amide bonds. The van der Waals surface area contributed by atoms with Crippen LogP contribution in [0.4, 0.5) is 5.69 Å². The van der Waals surface area contributed by atoms with Crippen molar-refractivity contribution in [3.05, 3.63) is 77.1 Å². The van der Waals surface area contributed by atoms with Crippen LogP contribution < -0.4 is 10.8 Å². The van der Waals surface area contributed by atoms with Crippen molar-refractivity contribution in [1.29, 1.82) is 0 Å². The lowest BCUT2D eigenvalue weighted by Crippen LogP contribution is -2.20. The number of carbonyl (C=O) groups is 1. The van der Waals surface area contributed by atoms with E-state index in [1.54, 1.807) is 6.20 Å². The second-order valence-corrected chi connectivity index (χ2v) is 6.97. The van der Waals surface area contributed by atoms with Gasteiger partial charge in [0, 0.05) is 22.6 Å². The second-order valence-electron chi connectivity index (χ2n) is 6.54. The van der Waals surface area contributed by atoms with Crippen LogP contribution in [0.3, 0.4) is 0 Å². The topological polar surface area (TPSA) is 42.0 Å². The van der Waals surface area contributed by atoms with E-state index in [2.05, 4.69) is 10.3 Å². The lowest BCUT2D eigenvalue weighted by Gasteiger charge is -2.14. The van der Waals surface area contributed by atoms with Gasteiger partial charge in [0.2, 0.25) is 5.91 Å². The van der Waals surface area contributed by atoms with Gasteiger partial charge in [-0.1, -0.05) is 35.3 Å². The number of rotatable bonds is 4. The van der Waals surface area contributed by atoms with Crippen LogP contribution in [0.1, 0.15) is 24.1 Å². The third kappa shape index (κ3) is 4.33. The van der Waals surface area contributed by atoms with E-state index in [-0.39, 0.29) is 11.8 Å². The van der Waals surface area contributed by atoms with Crippen LogP contribution in [0, 0.1) is 6.92 Å². The first-order chi connectivity index (χ1) is 12.4. The number of hydrogen-bond acceptors (Lipinski definition) is 2. The van der Waals surface area contributed by atoms with E-state index >= 15 is 0 Å². The maximum absolute atomic E-state index is 12.6. The van der Waals surface area contributed by atoms with Crippen molar-refractivity contribution in [1.82, 2.24) is 4.98 Å². The fourth-order valence-electron chi connectivity index (χ4n) is 2.89. The SMILES string of the molecule is Bc1cc(Cl)cc(C(C)C(=O)Nc2ccc(-c3ccnc(C)c3)cc2)c1. The molecule has 1 unspecified atom stereocenters. The Bertz CT molecular complexity index is 921. The molecule has 0 saturated heterocycles. The van der Waals surface area contributed by atoms with E-state index in [1.165, 1.54) is 0 Å². The highest BCUT2D eigenvalue weighted by Crippen LogP contribution is 2.23. The summed E-state index contributed by atoms with van der Waals surface area (Å²) in [5.41, 5.74) is 5.91. The highest BCUT2D eigenvalue weighted by Gasteiger charge is 2.16. The quantitative estimate of drug-likeness (QED) is 0.719. The largest absolute Gasteiger partial charge is 0.326 e. The van der Waals surface area contributed by atoms with Gasteiger partial charge in [0.25, 0.3) is 0 Å². The Balaban J connectivity index is 1.73. The number of aryl methyl sites for hydroxylation is 1. The number of carbonyl (C=O) groups excluding carboxylic acids is 1. The summed E-state index contributed by atoms with van der Waals surface area (Å²) in [6.07, 6.45) is 1.80. The second kappa shape index (κ2) is 7.75. The van der Waals surface area contributed by atoms with Crippen molar-refractivity contribution in [2.24, 2.45) is 0 Å². The number of halogens is 1. The highest BCUT2D eigenvalue weighted by atomic mass is 35.5. The van der Waals surface area contributed by atoms with Crippen molar-refractivity contribution in [3.63, 3.8) is 0 Å². The summed E-state index contributed by atoms with van der Waals surface area (Å²) in [5, 5.41) is 3.62. The predicted molar refractivity (Wildman–Crippen MR) is 111 cm³/mol. The smallest absolute Gasteiger partial charge is 0.231 e. The first kappa shape index (κ1) is 18.2. The molecule has 1 N–H and O–H groups in total. The molecule has 3 nitrogen and oxygen atoms in total. The zero-order valence-electron chi connectivity index (χ0n) is 15.1. The van der Waals surface area contributed by atoms with Gasteiger partial charge in [-0.15, -0.1) is 0 Å². The van der Waals surface area contributed by atoms with Gasteiger partial charge < -0.3 is 5.32 Å². The minimum absolute atomic E-state index is 0.0563. The molecule has 26 heavy (non-hydrogen) atoms. The molecule has 0 bridgehead atoms. The van der Waals surface area contributed by atoms with Crippen LogP contribution in [-0.4, -0.2) is 18.7 Å². The van der Waals surface area contributed by atoms with Gasteiger partial charge >= 0.3 is 0 Å². The van der Waals surface area contributed by atoms with E-state index in [0.29, 0.717) is 5.02 Å². The van der Waals surface area contributed by atoms with E-state index in [0.717, 1.165) is 33.5 Å². The molecule has 2 aromatic carbocycles. The molecule has 0 aliphatic rings. The Morgan fingerprint density at radius 1 is 1.08 bits per heavy atom. The average molecular weight is 363 g/mol. The molecule has 1 aromatic heterocycles. The van der Waals surface area contributed by atoms with Crippen LogP contribution in [0.15, 0.2) is 60.8 Å². The minimum Gasteiger partial charge on any atom is -0.326 e. The third-order valence-corrected chi connectivity index (χ3v) is 4.56. The van der Waals surface area contributed by atoms with Gasteiger partial charge in [-0.25, -0.2) is 0 Å². The first-order valence-corrected chi connectivity index (χ1v) is 8.91. The molecular weight excluding hydrogens is 343 g/mol. The van der Waals surface area contributed by atoms with E-state index in [1.807, 2.05) is 76.3 Å². The summed E-state index contributed by atoms with van der Waals surface area (Å²) in [7, 11) is 1.97. The van der Waals surface area contributed by atoms with Gasteiger partial charge in [0.05, 0.1) is 5.92 Å². The maximum Gasteiger partial charge on any atom is 0.231 e.